The minimum Gasteiger partial charge on any atom is -0.338 e. The molecule has 122 valence electrons. The molecule has 0 saturated carbocycles. The number of hydrogen-bond donors (Lipinski definition) is 3. The van der Waals surface area contributed by atoms with Crippen molar-refractivity contribution < 1.29 is 14.5 Å². The number of hydrazone groups is 1. The molecule has 10 heteroatoms. The van der Waals surface area contributed by atoms with Crippen molar-refractivity contribution in [3.8, 4) is 0 Å². The summed E-state index contributed by atoms with van der Waals surface area (Å²) in [6.07, 6.45) is 0.412. The van der Waals surface area contributed by atoms with Gasteiger partial charge in [-0.1, -0.05) is 11.6 Å². The van der Waals surface area contributed by atoms with Gasteiger partial charge in [0.25, 0.3) is 5.69 Å². The molecule has 3 N–H and O–H groups in total. The van der Waals surface area contributed by atoms with Crippen LogP contribution in [-0.4, -0.2) is 29.1 Å². The summed E-state index contributed by atoms with van der Waals surface area (Å²) in [5.41, 5.74) is 2.99. The van der Waals surface area contributed by atoms with Gasteiger partial charge in [-0.2, -0.15) is 5.10 Å². The lowest BCUT2D eigenvalue weighted by atomic mass is 10.0. The molecule has 0 radical (unpaired) electrons. The molecule has 1 aliphatic rings. The predicted molar refractivity (Wildman–Crippen MR) is 84.5 cm³/mol. The van der Waals surface area contributed by atoms with Crippen LogP contribution in [0.5, 0.6) is 0 Å². The third-order valence-electron chi connectivity index (χ3n) is 3.28. The Morgan fingerprint density at radius 1 is 1.52 bits per heavy atom. The average molecular weight is 340 g/mol. The summed E-state index contributed by atoms with van der Waals surface area (Å²) in [6.45, 7) is 1.99. The first-order valence-electron chi connectivity index (χ1n) is 6.71. The molecule has 1 heterocycles. The van der Waals surface area contributed by atoms with Crippen LogP contribution < -0.4 is 16.1 Å². The molecule has 0 aliphatic carbocycles. The molecular formula is C13H14ClN5O4. The number of hydrogen-bond acceptors (Lipinski definition) is 5. The number of halogens is 1. The van der Waals surface area contributed by atoms with E-state index in [0.29, 0.717) is 12.1 Å². The summed E-state index contributed by atoms with van der Waals surface area (Å²) >= 11 is 5.69. The number of nitro groups is 1. The highest BCUT2D eigenvalue weighted by atomic mass is 35.5. The van der Waals surface area contributed by atoms with Gasteiger partial charge in [-0.3, -0.25) is 14.9 Å². The lowest BCUT2D eigenvalue weighted by molar-refractivity contribution is -0.384. The zero-order valence-electron chi connectivity index (χ0n) is 12.1. The topological polar surface area (TPSA) is 126 Å². The maximum absolute atomic E-state index is 11.8. The number of anilines is 1. The van der Waals surface area contributed by atoms with Crippen LogP contribution in [0.25, 0.3) is 0 Å². The molecule has 1 aromatic rings. The van der Waals surface area contributed by atoms with E-state index in [1.807, 2.05) is 0 Å². The minimum atomic E-state index is -0.633. The minimum absolute atomic E-state index is 0.0111. The Morgan fingerprint density at radius 3 is 2.87 bits per heavy atom. The van der Waals surface area contributed by atoms with Crippen molar-refractivity contribution in [2.24, 2.45) is 11.0 Å². The van der Waals surface area contributed by atoms with Crippen molar-refractivity contribution in [1.29, 1.82) is 0 Å². The lowest BCUT2D eigenvalue weighted by Crippen LogP contribution is -2.33. The fraction of sp³-hybridized carbons (Fsp3) is 0.308. The van der Waals surface area contributed by atoms with Crippen molar-refractivity contribution in [2.75, 3.05) is 11.9 Å². The Morgan fingerprint density at radius 2 is 2.26 bits per heavy atom. The van der Waals surface area contributed by atoms with Gasteiger partial charge in [0.1, 0.15) is 5.02 Å². The van der Waals surface area contributed by atoms with Gasteiger partial charge in [0, 0.05) is 24.0 Å². The van der Waals surface area contributed by atoms with Gasteiger partial charge in [0.05, 0.1) is 10.8 Å². The molecule has 0 bridgehead atoms. The summed E-state index contributed by atoms with van der Waals surface area (Å²) in [5, 5.41) is 19.6. The normalized spacial score (nSPS) is 16.5. The highest BCUT2D eigenvalue weighted by Crippen LogP contribution is 2.27. The summed E-state index contributed by atoms with van der Waals surface area (Å²) in [7, 11) is 0. The Labute approximate surface area is 136 Å². The number of amides is 3. The number of nitrogens with one attached hydrogen (secondary N) is 3. The summed E-state index contributed by atoms with van der Waals surface area (Å²) in [5.74, 6) is -0.551. The predicted octanol–water partition coefficient (Wildman–Crippen LogP) is 1.88. The van der Waals surface area contributed by atoms with Crippen molar-refractivity contribution in [3.05, 3.63) is 33.3 Å². The number of nitro benzene ring substituents is 1. The van der Waals surface area contributed by atoms with Crippen LogP contribution in [0.3, 0.4) is 0 Å². The van der Waals surface area contributed by atoms with Gasteiger partial charge >= 0.3 is 6.03 Å². The first-order valence-corrected chi connectivity index (χ1v) is 7.09. The molecule has 0 spiro atoms. The number of rotatable bonds is 5. The fourth-order valence-corrected chi connectivity index (χ4v) is 2.25. The first kappa shape index (κ1) is 16.7. The highest BCUT2D eigenvalue weighted by molar-refractivity contribution is 6.32. The van der Waals surface area contributed by atoms with E-state index in [2.05, 4.69) is 21.2 Å². The van der Waals surface area contributed by atoms with Gasteiger partial charge in [0.2, 0.25) is 5.91 Å². The zero-order chi connectivity index (χ0) is 17.0. The fourth-order valence-electron chi connectivity index (χ4n) is 2.06. The van der Waals surface area contributed by atoms with Crippen LogP contribution >= 0.6 is 11.6 Å². The van der Waals surface area contributed by atoms with E-state index >= 15 is 0 Å². The lowest BCUT2D eigenvalue weighted by Gasteiger charge is -2.10. The molecule has 1 aliphatic heterocycles. The van der Waals surface area contributed by atoms with E-state index < -0.39 is 11.0 Å². The highest BCUT2D eigenvalue weighted by Gasteiger charge is 2.26. The smallest absolute Gasteiger partial charge is 0.319 e. The van der Waals surface area contributed by atoms with Crippen LogP contribution in [-0.2, 0) is 4.79 Å². The van der Waals surface area contributed by atoms with Gasteiger partial charge in [-0.15, -0.1) is 0 Å². The van der Waals surface area contributed by atoms with E-state index in [1.54, 1.807) is 6.92 Å². The Balaban J connectivity index is 1.85. The Hall–Kier alpha value is -2.68. The van der Waals surface area contributed by atoms with E-state index in [9.17, 15) is 19.7 Å². The molecule has 0 saturated heterocycles. The van der Waals surface area contributed by atoms with Crippen molar-refractivity contribution >= 4 is 40.6 Å². The monoisotopic (exact) mass is 339 g/mol. The molecule has 0 aromatic heterocycles. The van der Waals surface area contributed by atoms with Crippen molar-refractivity contribution in [1.82, 2.24) is 10.7 Å². The second kappa shape index (κ2) is 7.05. The largest absolute Gasteiger partial charge is 0.338 e. The van der Waals surface area contributed by atoms with E-state index in [4.69, 9.17) is 11.6 Å². The third-order valence-corrected chi connectivity index (χ3v) is 3.60. The SMILES string of the molecule is CC1=NNC(=O)[C@@H]1CCNC(=O)Nc1ccc(Cl)c([N+](=O)[O-])c1. The maximum atomic E-state index is 11.8. The van der Waals surface area contributed by atoms with Gasteiger partial charge in [0.15, 0.2) is 0 Å². The molecule has 0 unspecified atom stereocenters. The Kier molecular flexibility index (Phi) is 5.12. The number of urea groups is 1. The van der Waals surface area contributed by atoms with Crippen LogP contribution in [0.1, 0.15) is 13.3 Å². The Bertz CT molecular complexity index is 691. The van der Waals surface area contributed by atoms with Gasteiger partial charge < -0.3 is 10.6 Å². The molecule has 1 atom stereocenters. The van der Waals surface area contributed by atoms with Crippen LogP contribution in [0.4, 0.5) is 16.2 Å². The number of carbonyl (C=O) groups is 2. The summed E-state index contributed by atoms with van der Waals surface area (Å²) < 4.78 is 0. The summed E-state index contributed by atoms with van der Waals surface area (Å²) in [4.78, 5) is 33.4. The molecule has 2 rings (SSSR count). The third kappa shape index (κ3) is 4.16. The van der Waals surface area contributed by atoms with Gasteiger partial charge in [-0.05, 0) is 25.5 Å². The molecular weight excluding hydrogens is 326 g/mol. The second-order valence-corrected chi connectivity index (χ2v) is 5.28. The van der Waals surface area contributed by atoms with Gasteiger partial charge in [-0.25, -0.2) is 10.2 Å². The molecule has 1 aromatic carbocycles. The summed E-state index contributed by atoms with van der Waals surface area (Å²) in [6, 6.07) is 3.42. The quantitative estimate of drug-likeness (QED) is 0.559. The molecule has 9 nitrogen and oxygen atoms in total. The van der Waals surface area contributed by atoms with E-state index in [1.165, 1.54) is 18.2 Å². The maximum Gasteiger partial charge on any atom is 0.319 e. The zero-order valence-corrected chi connectivity index (χ0v) is 12.9. The van der Waals surface area contributed by atoms with Crippen LogP contribution in [0, 0.1) is 16.0 Å². The molecule has 3 amide bonds. The number of benzene rings is 1. The average Bonchev–Trinajstić information content (AvgIpc) is 2.80. The van der Waals surface area contributed by atoms with Crippen molar-refractivity contribution in [2.45, 2.75) is 13.3 Å². The van der Waals surface area contributed by atoms with E-state index in [-0.39, 0.29) is 34.8 Å². The van der Waals surface area contributed by atoms with Crippen LogP contribution in [0.15, 0.2) is 23.3 Å². The van der Waals surface area contributed by atoms with Crippen molar-refractivity contribution in [3.63, 3.8) is 0 Å². The first-order chi connectivity index (χ1) is 10.9. The van der Waals surface area contributed by atoms with Crippen LogP contribution in [0.2, 0.25) is 5.02 Å². The molecule has 0 fully saturated rings. The number of carbonyl (C=O) groups excluding carboxylic acids is 2. The molecule has 23 heavy (non-hydrogen) atoms. The standard InChI is InChI=1S/C13H14ClN5O4/c1-7-9(12(20)18-17-7)4-5-15-13(21)16-8-2-3-10(14)11(6-8)19(22)23/h2-3,6,9H,4-5H2,1H3,(H,18,20)(H2,15,16,21)/t9-/m1/s1. The number of nitrogens with zero attached hydrogens (tertiary/aromatic N) is 2. The van der Waals surface area contributed by atoms with E-state index in [0.717, 1.165) is 0 Å². The second-order valence-electron chi connectivity index (χ2n) is 4.87.